The van der Waals surface area contributed by atoms with Gasteiger partial charge < -0.3 is 19.9 Å². The first-order chi connectivity index (χ1) is 15.4. The lowest BCUT2D eigenvalue weighted by molar-refractivity contribution is -0.134. The van der Waals surface area contributed by atoms with Crippen LogP contribution in [0.15, 0.2) is 18.2 Å². The first-order valence-electron chi connectivity index (χ1n) is 10.6. The minimum absolute atomic E-state index is 0.00957. The van der Waals surface area contributed by atoms with Crippen molar-refractivity contribution in [3.8, 4) is 5.75 Å². The molecule has 32 heavy (non-hydrogen) atoms. The van der Waals surface area contributed by atoms with Gasteiger partial charge in [0.2, 0.25) is 5.91 Å². The molecule has 170 valence electrons. The van der Waals surface area contributed by atoms with Crippen LogP contribution in [0.3, 0.4) is 0 Å². The Bertz CT molecular complexity index is 1050. The van der Waals surface area contributed by atoms with Crippen molar-refractivity contribution in [3.05, 3.63) is 46.9 Å². The number of halogens is 2. The van der Waals surface area contributed by atoms with Crippen molar-refractivity contribution in [1.29, 1.82) is 0 Å². The van der Waals surface area contributed by atoms with Crippen LogP contribution in [0.4, 0.5) is 14.6 Å². The fourth-order valence-corrected chi connectivity index (χ4v) is 4.22. The van der Waals surface area contributed by atoms with Crippen molar-refractivity contribution < 1.29 is 23.1 Å². The number of benzene rings is 1. The van der Waals surface area contributed by atoms with E-state index in [2.05, 4.69) is 10.3 Å². The summed E-state index contributed by atoms with van der Waals surface area (Å²) in [6.45, 7) is 2.69. The molecule has 4 rings (SSSR count). The molecule has 3 heterocycles. The molecule has 2 aliphatic rings. The van der Waals surface area contributed by atoms with Crippen LogP contribution in [0.25, 0.3) is 0 Å². The second-order valence-electron chi connectivity index (χ2n) is 7.90. The zero-order chi connectivity index (χ0) is 22.8. The molecular weight excluding hydrogens is 420 g/mol. The van der Waals surface area contributed by atoms with Crippen LogP contribution in [0.5, 0.6) is 5.75 Å². The summed E-state index contributed by atoms with van der Waals surface area (Å²) in [5.74, 6) is -0.869. The Morgan fingerprint density at radius 1 is 1.25 bits per heavy atom. The Hall–Kier alpha value is -3.30. The van der Waals surface area contributed by atoms with Crippen LogP contribution in [-0.4, -0.2) is 58.3 Å². The smallest absolute Gasteiger partial charge is 0.261 e. The molecule has 1 aromatic heterocycles. The number of hydrogen-bond donors (Lipinski definition) is 1. The number of anilines is 1. The van der Waals surface area contributed by atoms with Gasteiger partial charge in [-0.2, -0.15) is 0 Å². The van der Waals surface area contributed by atoms with E-state index in [1.165, 1.54) is 6.92 Å². The molecule has 1 saturated heterocycles. The second kappa shape index (κ2) is 9.05. The summed E-state index contributed by atoms with van der Waals surface area (Å²) in [5, 5.41) is 3.11. The number of carbonyl (C=O) groups is 2. The number of aromatic nitrogens is 2. The van der Waals surface area contributed by atoms with Gasteiger partial charge >= 0.3 is 0 Å². The lowest BCUT2D eigenvalue weighted by Gasteiger charge is -2.30. The van der Waals surface area contributed by atoms with Crippen LogP contribution in [0.2, 0.25) is 0 Å². The van der Waals surface area contributed by atoms with Crippen molar-refractivity contribution in [3.63, 3.8) is 0 Å². The largest absolute Gasteiger partial charge is 0.481 e. The van der Waals surface area contributed by atoms with Gasteiger partial charge in [-0.05, 0) is 31.4 Å². The monoisotopic (exact) mass is 445 g/mol. The number of ether oxygens (including phenoxy) is 1. The third-order valence-electron chi connectivity index (χ3n) is 5.88. The molecule has 1 aromatic carbocycles. The molecule has 0 aliphatic carbocycles. The Morgan fingerprint density at radius 3 is 2.78 bits per heavy atom. The Morgan fingerprint density at radius 2 is 2.06 bits per heavy atom. The summed E-state index contributed by atoms with van der Waals surface area (Å²) in [6.07, 6.45) is 2.13. The van der Waals surface area contributed by atoms with E-state index < -0.39 is 11.6 Å². The fourth-order valence-electron chi connectivity index (χ4n) is 4.22. The number of likely N-dealkylation sites (tertiary alicyclic amines) is 1. The average Bonchev–Trinajstić information content (AvgIpc) is 3.27. The van der Waals surface area contributed by atoms with E-state index in [4.69, 9.17) is 9.72 Å². The normalized spacial score (nSPS) is 17.8. The topological polar surface area (TPSA) is 87.7 Å². The van der Waals surface area contributed by atoms with Gasteiger partial charge in [0.1, 0.15) is 11.6 Å². The van der Waals surface area contributed by atoms with Gasteiger partial charge in [0.05, 0.1) is 18.3 Å². The van der Waals surface area contributed by atoms with Crippen molar-refractivity contribution in [1.82, 2.24) is 19.8 Å². The maximum absolute atomic E-state index is 13.8. The van der Waals surface area contributed by atoms with Crippen molar-refractivity contribution in [2.45, 2.75) is 38.8 Å². The number of nitrogens with zero attached hydrogens (tertiary/aromatic N) is 4. The van der Waals surface area contributed by atoms with Crippen molar-refractivity contribution in [2.75, 3.05) is 32.1 Å². The second-order valence-corrected chi connectivity index (χ2v) is 7.90. The van der Waals surface area contributed by atoms with Gasteiger partial charge in [0, 0.05) is 38.7 Å². The molecule has 1 atom stereocenters. The predicted octanol–water partition coefficient (Wildman–Crippen LogP) is 2.44. The lowest BCUT2D eigenvalue weighted by Crippen LogP contribution is -2.37. The first kappa shape index (κ1) is 21.9. The summed E-state index contributed by atoms with van der Waals surface area (Å²) in [7, 11) is 1.78. The van der Waals surface area contributed by atoms with E-state index in [0.717, 1.165) is 29.8 Å². The number of carbonyl (C=O) groups excluding carboxylic acids is 2. The molecule has 8 nitrogen and oxygen atoms in total. The lowest BCUT2D eigenvalue weighted by atomic mass is 10.0. The molecule has 1 fully saturated rings. The van der Waals surface area contributed by atoms with Crippen LogP contribution < -0.4 is 10.1 Å². The molecule has 0 radical (unpaired) electrons. The number of rotatable bonds is 5. The van der Waals surface area contributed by atoms with Crippen molar-refractivity contribution in [2.24, 2.45) is 0 Å². The average molecular weight is 445 g/mol. The predicted molar refractivity (Wildman–Crippen MR) is 112 cm³/mol. The molecule has 0 bridgehead atoms. The molecule has 10 heteroatoms. The number of nitrogens with one attached hydrogen (secondary N) is 1. The highest BCUT2D eigenvalue weighted by atomic mass is 19.1. The number of fused-ring (bicyclic) bond motifs is 1. The van der Waals surface area contributed by atoms with E-state index in [0.29, 0.717) is 50.2 Å². The number of hydrogen-bond acceptors (Lipinski definition) is 6. The first-order valence-corrected chi connectivity index (χ1v) is 10.6. The van der Waals surface area contributed by atoms with E-state index in [9.17, 15) is 18.4 Å². The fraction of sp³-hybridized carbons (Fsp3) is 0.455. The highest BCUT2D eigenvalue weighted by Crippen LogP contribution is 2.33. The van der Waals surface area contributed by atoms with Gasteiger partial charge in [-0.3, -0.25) is 9.59 Å². The Balaban J connectivity index is 1.53. The van der Waals surface area contributed by atoms with Crippen LogP contribution in [0, 0.1) is 11.6 Å². The molecule has 0 unspecified atom stereocenters. The van der Waals surface area contributed by atoms with Crippen LogP contribution in [-0.2, 0) is 22.6 Å². The SMILES string of the molecule is CNc1nc([C@@H]2CCCN2C(=O)COc2ccc(F)cc2F)nc2c1CCN(C(C)=O)C2. The molecule has 1 N–H and O–H groups in total. The van der Waals surface area contributed by atoms with E-state index in [1.807, 2.05) is 0 Å². The summed E-state index contributed by atoms with van der Waals surface area (Å²) >= 11 is 0. The highest BCUT2D eigenvalue weighted by molar-refractivity contribution is 5.78. The molecule has 2 amide bonds. The van der Waals surface area contributed by atoms with Crippen LogP contribution in [0.1, 0.15) is 42.9 Å². The summed E-state index contributed by atoms with van der Waals surface area (Å²) < 4.78 is 32.2. The van der Waals surface area contributed by atoms with Gasteiger partial charge in [-0.15, -0.1) is 0 Å². The van der Waals surface area contributed by atoms with Gasteiger partial charge in [0.15, 0.2) is 24.0 Å². The van der Waals surface area contributed by atoms with Gasteiger partial charge in [-0.1, -0.05) is 0 Å². The Labute approximate surface area is 184 Å². The van der Waals surface area contributed by atoms with E-state index >= 15 is 0 Å². The zero-order valence-electron chi connectivity index (χ0n) is 18.0. The zero-order valence-corrected chi connectivity index (χ0v) is 18.0. The maximum Gasteiger partial charge on any atom is 0.261 e. The minimum Gasteiger partial charge on any atom is -0.481 e. The maximum atomic E-state index is 13.8. The van der Waals surface area contributed by atoms with Gasteiger partial charge in [0.25, 0.3) is 5.91 Å². The summed E-state index contributed by atoms with van der Waals surface area (Å²) in [4.78, 5) is 37.4. The molecule has 0 spiro atoms. The highest BCUT2D eigenvalue weighted by Gasteiger charge is 2.34. The Kier molecular flexibility index (Phi) is 6.20. The van der Waals surface area contributed by atoms with Crippen molar-refractivity contribution >= 4 is 17.6 Å². The van der Waals surface area contributed by atoms with E-state index in [-0.39, 0.29) is 30.2 Å². The van der Waals surface area contributed by atoms with Crippen LogP contribution >= 0.6 is 0 Å². The molecule has 2 aliphatic heterocycles. The summed E-state index contributed by atoms with van der Waals surface area (Å²) in [5.41, 5.74) is 1.77. The molecule has 2 aromatic rings. The third kappa shape index (κ3) is 4.35. The minimum atomic E-state index is -0.859. The van der Waals surface area contributed by atoms with E-state index in [1.54, 1.807) is 16.8 Å². The molecular formula is C22H25F2N5O3. The summed E-state index contributed by atoms with van der Waals surface area (Å²) in [6, 6.07) is 2.61. The molecule has 0 saturated carbocycles. The third-order valence-corrected chi connectivity index (χ3v) is 5.88. The number of amides is 2. The quantitative estimate of drug-likeness (QED) is 0.761. The van der Waals surface area contributed by atoms with Gasteiger partial charge in [-0.25, -0.2) is 18.7 Å². The standard InChI is InChI=1S/C22H25F2N5O3/c1-13(30)28-9-7-15-17(11-28)26-22(27-21(15)25-2)18-4-3-8-29(18)20(31)12-32-19-6-5-14(23)10-16(19)24/h5-6,10,18H,3-4,7-9,11-12H2,1-2H3,(H,25,26,27)/t18-/m0/s1.